The minimum atomic E-state index is 0.0300. The second kappa shape index (κ2) is 4.49. The molecule has 1 unspecified atom stereocenters. The van der Waals surface area contributed by atoms with Crippen molar-refractivity contribution in [2.24, 2.45) is 0 Å². The van der Waals surface area contributed by atoms with Crippen LogP contribution in [0.25, 0.3) is 0 Å². The van der Waals surface area contributed by atoms with E-state index in [1.54, 1.807) is 6.20 Å². The van der Waals surface area contributed by atoms with Crippen LogP contribution < -0.4 is 10.6 Å². The Bertz CT molecular complexity index is 339. The van der Waals surface area contributed by atoms with E-state index in [4.69, 9.17) is 0 Å². The molecule has 1 fully saturated rings. The fraction of sp³-hybridized carbons (Fsp3) is 0.545. The average molecular weight is 207 g/mol. The number of nitrogens with one attached hydrogen (secondary N) is 3. The first-order valence-electron chi connectivity index (χ1n) is 5.42. The van der Waals surface area contributed by atoms with Crippen molar-refractivity contribution in [2.75, 3.05) is 13.1 Å². The van der Waals surface area contributed by atoms with Gasteiger partial charge >= 0.3 is 0 Å². The molecule has 1 aromatic heterocycles. The van der Waals surface area contributed by atoms with Gasteiger partial charge in [0.1, 0.15) is 0 Å². The van der Waals surface area contributed by atoms with Crippen LogP contribution >= 0.6 is 0 Å². The second-order valence-corrected chi connectivity index (χ2v) is 4.07. The van der Waals surface area contributed by atoms with Gasteiger partial charge in [0.15, 0.2) is 0 Å². The zero-order valence-electron chi connectivity index (χ0n) is 8.97. The quantitative estimate of drug-likeness (QED) is 0.672. The lowest BCUT2D eigenvalue weighted by atomic mass is 10.1. The van der Waals surface area contributed by atoms with Gasteiger partial charge in [-0.2, -0.15) is 0 Å². The van der Waals surface area contributed by atoms with Gasteiger partial charge in [0, 0.05) is 25.0 Å². The molecule has 1 saturated heterocycles. The van der Waals surface area contributed by atoms with Crippen molar-refractivity contribution in [3.8, 4) is 0 Å². The summed E-state index contributed by atoms with van der Waals surface area (Å²) in [6.07, 6.45) is 5.80. The maximum absolute atomic E-state index is 11.8. The van der Waals surface area contributed by atoms with Crippen molar-refractivity contribution in [1.29, 1.82) is 0 Å². The number of rotatable bonds is 2. The van der Waals surface area contributed by atoms with E-state index in [0.717, 1.165) is 37.1 Å². The van der Waals surface area contributed by atoms with Gasteiger partial charge in [-0.25, -0.2) is 0 Å². The molecular formula is C11H17N3O. The average Bonchev–Trinajstić information content (AvgIpc) is 2.66. The highest BCUT2D eigenvalue weighted by Crippen LogP contribution is 2.07. The number of carbonyl (C=O) groups is 1. The molecule has 0 bridgehead atoms. The standard InChI is InChI=1S/C11H17N3O/c1-8-5-13-7-10(8)11(15)14-9-3-2-4-12-6-9/h5,7,9,12-13H,2-4,6H2,1H3,(H,14,15). The van der Waals surface area contributed by atoms with Gasteiger partial charge in [-0.1, -0.05) is 0 Å². The van der Waals surface area contributed by atoms with E-state index in [1.807, 2.05) is 13.1 Å². The number of aromatic amines is 1. The molecule has 1 aliphatic heterocycles. The lowest BCUT2D eigenvalue weighted by Gasteiger charge is -2.23. The largest absolute Gasteiger partial charge is 0.367 e. The van der Waals surface area contributed by atoms with E-state index >= 15 is 0 Å². The van der Waals surface area contributed by atoms with Crippen molar-refractivity contribution >= 4 is 5.91 Å². The van der Waals surface area contributed by atoms with Crippen LogP contribution in [0.15, 0.2) is 12.4 Å². The number of aromatic nitrogens is 1. The van der Waals surface area contributed by atoms with E-state index in [2.05, 4.69) is 15.6 Å². The number of carbonyl (C=O) groups excluding carboxylic acids is 1. The van der Waals surface area contributed by atoms with Crippen molar-refractivity contribution < 1.29 is 4.79 Å². The Balaban J connectivity index is 1.94. The van der Waals surface area contributed by atoms with Gasteiger partial charge in [-0.15, -0.1) is 0 Å². The normalized spacial score (nSPS) is 21.3. The van der Waals surface area contributed by atoms with E-state index in [0.29, 0.717) is 0 Å². The minimum Gasteiger partial charge on any atom is -0.367 e. The molecule has 2 rings (SSSR count). The molecule has 0 saturated carbocycles. The summed E-state index contributed by atoms with van der Waals surface area (Å²) in [6.45, 7) is 3.88. The maximum atomic E-state index is 11.8. The molecule has 4 nitrogen and oxygen atoms in total. The van der Waals surface area contributed by atoms with Crippen molar-refractivity contribution in [3.05, 3.63) is 23.5 Å². The monoisotopic (exact) mass is 207 g/mol. The first kappa shape index (κ1) is 10.2. The minimum absolute atomic E-state index is 0.0300. The summed E-state index contributed by atoms with van der Waals surface area (Å²) in [5.41, 5.74) is 1.75. The van der Waals surface area contributed by atoms with Crippen LogP contribution in [-0.4, -0.2) is 30.0 Å². The Morgan fingerprint density at radius 1 is 1.53 bits per heavy atom. The zero-order chi connectivity index (χ0) is 10.7. The van der Waals surface area contributed by atoms with Crippen LogP contribution in [-0.2, 0) is 0 Å². The number of hydrogen-bond donors (Lipinski definition) is 3. The lowest BCUT2D eigenvalue weighted by Crippen LogP contribution is -2.45. The predicted molar refractivity (Wildman–Crippen MR) is 58.9 cm³/mol. The summed E-state index contributed by atoms with van der Waals surface area (Å²) in [5.74, 6) is 0.0300. The van der Waals surface area contributed by atoms with E-state index in [1.165, 1.54) is 0 Å². The smallest absolute Gasteiger partial charge is 0.253 e. The zero-order valence-corrected chi connectivity index (χ0v) is 8.97. The molecular weight excluding hydrogens is 190 g/mol. The number of amides is 1. The number of hydrogen-bond acceptors (Lipinski definition) is 2. The molecule has 1 amide bonds. The number of aryl methyl sites for hydroxylation is 1. The van der Waals surface area contributed by atoms with Crippen LogP contribution in [0.2, 0.25) is 0 Å². The molecule has 2 heterocycles. The maximum Gasteiger partial charge on any atom is 0.253 e. The van der Waals surface area contributed by atoms with Crippen LogP contribution in [0.4, 0.5) is 0 Å². The fourth-order valence-electron chi connectivity index (χ4n) is 1.92. The van der Waals surface area contributed by atoms with Crippen molar-refractivity contribution in [2.45, 2.75) is 25.8 Å². The van der Waals surface area contributed by atoms with Gasteiger partial charge in [0.2, 0.25) is 0 Å². The Labute approximate surface area is 89.5 Å². The SMILES string of the molecule is Cc1c[nH]cc1C(=O)NC1CCCNC1. The van der Waals surface area contributed by atoms with Crippen LogP contribution in [0.5, 0.6) is 0 Å². The Morgan fingerprint density at radius 2 is 2.40 bits per heavy atom. The van der Waals surface area contributed by atoms with Crippen LogP contribution in [0, 0.1) is 6.92 Å². The molecule has 1 atom stereocenters. The third kappa shape index (κ3) is 2.39. The predicted octanol–water partition coefficient (Wildman–Crippen LogP) is 0.805. The number of piperidine rings is 1. The molecule has 0 aliphatic carbocycles. The summed E-state index contributed by atoms with van der Waals surface area (Å²) in [6, 6.07) is 0.278. The lowest BCUT2D eigenvalue weighted by molar-refractivity contribution is 0.0930. The molecule has 1 aliphatic rings. The summed E-state index contributed by atoms with van der Waals surface area (Å²) in [5, 5.41) is 6.32. The molecule has 0 spiro atoms. The number of H-pyrrole nitrogens is 1. The first-order chi connectivity index (χ1) is 7.27. The highest BCUT2D eigenvalue weighted by Gasteiger charge is 2.17. The highest BCUT2D eigenvalue weighted by molar-refractivity contribution is 5.95. The summed E-state index contributed by atoms with van der Waals surface area (Å²) in [4.78, 5) is 14.8. The third-order valence-electron chi connectivity index (χ3n) is 2.83. The van der Waals surface area contributed by atoms with Gasteiger partial charge in [-0.3, -0.25) is 4.79 Å². The fourth-order valence-corrected chi connectivity index (χ4v) is 1.92. The van der Waals surface area contributed by atoms with Gasteiger partial charge in [0.25, 0.3) is 5.91 Å². The van der Waals surface area contributed by atoms with Crippen LogP contribution in [0.3, 0.4) is 0 Å². The van der Waals surface area contributed by atoms with Crippen LogP contribution in [0.1, 0.15) is 28.8 Å². The van der Waals surface area contributed by atoms with E-state index in [-0.39, 0.29) is 11.9 Å². The summed E-state index contributed by atoms with van der Waals surface area (Å²) < 4.78 is 0. The molecule has 1 aromatic rings. The first-order valence-corrected chi connectivity index (χ1v) is 5.42. The van der Waals surface area contributed by atoms with Crippen molar-refractivity contribution in [1.82, 2.24) is 15.6 Å². The molecule has 0 radical (unpaired) electrons. The summed E-state index contributed by atoms with van der Waals surface area (Å²) >= 11 is 0. The van der Waals surface area contributed by atoms with Gasteiger partial charge in [-0.05, 0) is 31.9 Å². The second-order valence-electron chi connectivity index (χ2n) is 4.07. The third-order valence-corrected chi connectivity index (χ3v) is 2.83. The molecule has 0 aromatic carbocycles. The van der Waals surface area contributed by atoms with Crippen molar-refractivity contribution in [3.63, 3.8) is 0 Å². The van der Waals surface area contributed by atoms with E-state index in [9.17, 15) is 4.79 Å². The molecule has 82 valence electrons. The van der Waals surface area contributed by atoms with Gasteiger partial charge < -0.3 is 15.6 Å². The molecule has 4 heteroatoms. The summed E-state index contributed by atoms with van der Waals surface area (Å²) in [7, 11) is 0. The highest BCUT2D eigenvalue weighted by atomic mass is 16.1. The Kier molecular flexibility index (Phi) is 3.06. The molecule has 3 N–H and O–H groups in total. The Hall–Kier alpha value is -1.29. The topological polar surface area (TPSA) is 56.9 Å². The molecule has 15 heavy (non-hydrogen) atoms. The Morgan fingerprint density at radius 3 is 3.00 bits per heavy atom. The van der Waals surface area contributed by atoms with Gasteiger partial charge in [0.05, 0.1) is 5.56 Å². The van der Waals surface area contributed by atoms with E-state index < -0.39 is 0 Å².